The van der Waals surface area contributed by atoms with Crippen molar-refractivity contribution in [1.29, 1.82) is 0 Å². The summed E-state index contributed by atoms with van der Waals surface area (Å²) in [4.78, 5) is 24.5. The summed E-state index contributed by atoms with van der Waals surface area (Å²) in [6.45, 7) is 0.345. The van der Waals surface area contributed by atoms with Crippen LogP contribution in [0.1, 0.15) is 17.5 Å². The molecule has 0 radical (unpaired) electrons. The quantitative estimate of drug-likeness (QED) is 0.153. The van der Waals surface area contributed by atoms with Crippen LogP contribution in [0.5, 0.6) is 5.75 Å². The summed E-state index contributed by atoms with van der Waals surface area (Å²) in [5, 5.41) is 9.37. The minimum absolute atomic E-state index is 0.345. The molecular weight excluding hydrogens is 530 g/mol. The predicted octanol–water partition coefficient (Wildman–Crippen LogP) is 6.31. The van der Waals surface area contributed by atoms with E-state index in [1.54, 1.807) is 18.2 Å². The van der Waals surface area contributed by atoms with Crippen LogP contribution in [0.4, 0.5) is 5.69 Å². The monoisotopic (exact) mass is 549 g/mol. The summed E-state index contributed by atoms with van der Waals surface area (Å²) < 4.78 is 6.79. The van der Waals surface area contributed by atoms with E-state index in [2.05, 4.69) is 31.8 Å². The van der Waals surface area contributed by atoms with Crippen LogP contribution < -0.4 is 15.5 Å². The van der Waals surface area contributed by atoms with E-state index in [-0.39, 0.29) is 6.42 Å². The van der Waals surface area contributed by atoms with Gasteiger partial charge in [-0.15, -0.1) is 0 Å². The molecule has 0 unspecified atom stereocenters. The van der Waals surface area contributed by atoms with E-state index in [0.29, 0.717) is 23.1 Å². The number of amides is 2. The van der Waals surface area contributed by atoms with Crippen LogP contribution in [0.2, 0.25) is 5.02 Å². The minimum atomic E-state index is -0.533. The first-order valence-corrected chi connectivity index (χ1v) is 11.9. The summed E-state index contributed by atoms with van der Waals surface area (Å²) in [6, 6.07) is 26.2. The standard InChI is InChI=1S/C27H21BrClN3O3/c28-23-7-3-4-8-24(23)31-26(33)15-27(34)32-30-16-22-21-6-2-1-5-19(21)11-14-25(22)35-17-18-9-12-20(29)13-10-18/h1-14,16H,15,17H2,(H,31,33)(H,32,34). The molecule has 2 N–H and O–H groups in total. The smallest absolute Gasteiger partial charge is 0.249 e. The second-order valence-corrected chi connectivity index (χ2v) is 8.90. The van der Waals surface area contributed by atoms with Crippen molar-refractivity contribution >= 4 is 62.0 Å². The van der Waals surface area contributed by atoms with Crippen LogP contribution in [-0.4, -0.2) is 18.0 Å². The number of anilines is 1. The van der Waals surface area contributed by atoms with Crippen molar-refractivity contribution in [3.8, 4) is 5.75 Å². The predicted molar refractivity (Wildman–Crippen MR) is 143 cm³/mol. The number of carbonyl (C=O) groups excluding carboxylic acids is 2. The van der Waals surface area contributed by atoms with Crippen LogP contribution in [0.3, 0.4) is 0 Å². The van der Waals surface area contributed by atoms with Crippen LogP contribution >= 0.6 is 27.5 Å². The normalized spacial score (nSPS) is 10.9. The molecule has 0 saturated heterocycles. The number of nitrogens with one attached hydrogen (secondary N) is 2. The van der Waals surface area contributed by atoms with Crippen molar-refractivity contribution in [3.63, 3.8) is 0 Å². The topological polar surface area (TPSA) is 79.8 Å². The Morgan fingerprint density at radius 2 is 1.66 bits per heavy atom. The zero-order chi connectivity index (χ0) is 24.6. The van der Waals surface area contributed by atoms with Crippen molar-refractivity contribution in [2.75, 3.05) is 5.32 Å². The molecule has 4 aromatic rings. The van der Waals surface area contributed by atoms with Gasteiger partial charge in [-0.25, -0.2) is 5.43 Å². The molecule has 176 valence electrons. The van der Waals surface area contributed by atoms with Crippen molar-refractivity contribution in [3.05, 3.63) is 106 Å². The lowest BCUT2D eigenvalue weighted by atomic mass is 10.0. The van der Waals surface area contributed by atoms with Crippen molar-refractivity contribution in [1.82, 2.24) is 5.43 Å². The van der Waals surface area contributed by atoms with Crippen molar-refractivity contribution in [2.24, 2.45) is 5.10 Å². The number of ether oxygens (including phenoxy) is 1. The van der Waals surface area contributed by atoms with E-state index in [4.69, 9.17) is 16.3 Å². The fraction of sp³-hybridized carbons (Fsp3) is 0.0741. The van der Waals surface area contributed by atoms with Crippen molar-refractivity contribution < 1.29 is 14.3 Å². The fourth-order valence-corrected chi connectivity index (χ4v) is 3.90. The van der Waals surface area contributed by atoms with E-state index in [9.17, 15) is 9.59 Å². The minimum Gasteiger partial charge on any atom is -0.488 e. The Balaban J connectivity index is 1.44. The molecule has 0 spiro atoms. The SMILES string of the molecule is O=C(CC(=O)Nc1ccccc1Br)NN=Cc1c(OCc2ccc(Cl)cc2)ccc2ccccc12. The van der Waals surface area contributed by atoms with Gasteiger partial charge in [0.2, 0.25) is 11.8 Å². The first kappa shape index (κ1) is 24.4. The summed E-state index contributed by atoms with van der Waals surface area (Å²) >= 11 is 9.32. The number of para-hydroxylation sites is 1. The first-order valence-electron chi connectivity index (χ1n) is 10.7. The highest BCUT2D eigenvalue weighted by molar-refractivity contribution is 9.10. The Labute approximate surface area is 216 Å². The number of hydrazone groups is 1. The number of hydrogen-bond donors (Lipinski definition) is 2. The van der Waals surface area contributed by atoms with Gasteiger partial charge in [0.25, 0.3) is 0 Å². The molecule has 4 aromatic carbocycles. The first-order chi connectivity index (χ1) is 17.0. The lowest BCUT2D eigenvalue weighted by Crippen LogP contribution is -2.24. The van der Waals surface area contributed by atoms with Gasteiger partial charge in [-0.2, -0.15) is 5.10 Å². The molecule has 0 aromatic heterocycles. The van der Waals surface area contributed by atoms with Gasteiger partial charge in [-0.1, -0.05) is 66.2 Å². The molecular formula is C27H21BrClN3O3. The Morgan fingerprint density at radius 1 is 0.914 bits per heavy atom. The van der Waals surface area contributed by atoms with E-state index in [1.807, 2.05) is 66.7 Å². The largest absolute Gasteiger partial charge is 0.488 e. The van der Waals surface area contributed by atoms with Crippen LogP contribution in [-0.2, 0) is 16.2 Å². The number of rotatable bonds is 8. The van der Waals surface area contributed by atoms with Crippen LogP contribution in [0.15, 0.2) is 94.5 Å². The molecule has 0 atom stereocenters. The average molecular weight is 551 g/mol. The third kappa shape index (κ3) is 6.68. The fourth-order valence-electron chi connectivity index (χ4n) is 3.39. The maximum atomic E-state index is 12.3. The zero-order valence-electron chi connectivity index (χ0n) is 18.5. The number of carbonyl (C=O) groups is 2. The van der Waals surface area contributed by atoms with Crippen LogP contribution in [0.25, 0.3) is 10.8 Å². The number of benzene rings is 4. The van der Waals surface area contributed by atoms with Gasteiger partial charge in [-0.3, -0.25) is 9.59 Å². The van der Waals surface area contributed by atoms with Gasteiger partial charge < -0.3 is 10.1 Å². The Kier molecular flexibility index (Phi) is 8.13. The Bertz CT molecular complexity index is 1390. The van der Waals surface area contributed by atoms with Gasteiger partial charge >= 0.3 is 0 Å². The molecule has 4 rings (SSSR count). The number of halogens is 2. The highest BCUT2D eigenvalue weighted by Crippen LogP contribution is 2.27. The summed E-state index contributed by atoms with van der Waals surface area (Å²) in [7, 11) is 0. The molecule has 6 nitrogen and oxygen atoms in total. The van der Waals surface area contributed by atoms with E-state index < -0.39 is 11.8 Å². The summed E-state index contributed by atoms with van der Waals surface area (Å²) in [5.41, 5.74) is 4.70. The van der Waals surface area contributed by atoms with Gasteiger partial charge in [0, 0.05) is 15.1 Å². The van der Waals surface area contributed by atoms with Gasteiger partial charge in [0.15, 0.2) is 0 Å². The Morgan fingerprint density at radius 3 is 2.46 bits per heavy atom. The molecule has 0 aliphatic heterocycles. The zero-order valence-corrected chi connectivity index (χ0v) is 20.8. The van der Waals surface area contributed by atoms with Gasteiger partial charge in [0.05, 0.1) is 11.9 Å². The molecule has 0 aliphatic carbocycles. The molecule has 0 fully saturated rings. The lowest BCUT2D eigenvalue weighted by Gasteiger charge is -2.12. The molecule has 0 bridgehead atoms. The van der Waals surface area contributed by atoms with Gasteiger partial charge in [-0.05, 0) is 62.6 Å². The van der Waals surface area contributed by atoms with Crippen LogP contribution in [0, 0.1) is 0 Å². The highest BCUT2D eigenvalue weighted by Gasteiger charge is 2.11. The maximum Gasteiger partial charge on any atom is 0.249 e. The number of hydrogen-bond acceptors (Lipinski definition) is 4. The maximum absolute atomic E-state index is 12.3. The second kappa shape index (κ2) is 11.6. The highest BCUT2D eigenvalue weighted by atomic mass is 79.9. The van der Waals surface area contributed by atoms with Crippen molar-refractivity contribution in [2.45, 2.75) is 13.0 Å². The number of fused-ring (bicyclic) bond motifs is 1. The average Bonchev–Trinajstić information content (AvgIpc) is 2.85. The summed E-state index contributed by atoms with van der Waals surface area (Å²) in [5.74, 6) is -0.361. The van der Waals surface area contributed by atoms with E-state index in [0.717, 1.165) is 26.4 Å². The third-order valence-corrected chi connectivity index (χ3v) is 6.03. The molecule has 0 aliphatic rings. The van der Waals surface area contributed by atoms with Gasteiger partial charge in [0.1, 0.15) is 18.8 Å². The summed E-state index contributed by atoms with van der Waals surface area (Å²) in [6.07, 6.45) is 1.16. The molecule has 2 amide bonds. The molecule has 35 heavy (non-hydrogen) atoms. The molecule has 0 saturated carbocycles. The van der Waals surface area contributed by atoms with E-state index in [1.165, 1.54) is 6.21 Å². The third-order valence-electron chi connectivity index (χ3n) is 5.09. The molecule has 8 heteroatoms. The second-order valence-electron chi connectivity index (χ2n) is 7.61. The Hall–Kier alpha value is -3.68. The number of nitrogens with zero attached hydrogens (tertiary/aromatic N) is 1. The van der Waals surface area contributed by atoms with E-state index >= 15 is 0 Å². The molecule has 0 heterocycles. The lowest BCUT2D eigenvalue weighted by molar-refractivity contribution is -0.126.